The predicted octanol–water partition coefficient (Wildman–Crippen LogP) is 1.22. The summed E-state index contributed by atoms with van der Waals surface area (Å²) in [7, 11) is -3.57. The van der Waals surface area contributed by atoms with Crippen molar-refractivity contribution in [3.63, 3.8) is 0 Å². The third kappa shape index (κ3) is 2.12. The number of hydrogen-bond donors (Lipinski definition) is 0. The molecule has 0 radical (unpaired) electrons. The smallest absolute Gasteiger partial charge is 0.321 e. The van der Waals surface area contributed by atoms with Crippen LogP contribution in [0.2, 0.25) is 0 Å². The Bertz CT molecular complexity index is 586. The highest BCUT2D eigenvalue weighted by Gasteiger charge is 2.41. The minimum absolute atomic E-state index is 0.178. The number of rotatable bonds is 2. The lowest BCUT2D eigenvalue weighted by Gasteiger charge is -2.13. The number of fused-ring (bicyclic) bond motifs is 1. The maximum atomic E-state index is 11.6. The third-order valence-electron chi connectivity index (χ3n) is 2.58. The minimum Gasteiger partial charge on any atom is -0.426 e. The molecule has 17 heavy (non-hydrogen) atoms. The summed E-state index contributed by atoms with van der Waals surface area (Å²) in [4.78, 5) is 11.6. The van der Waals surface area contributed by atoms with Gasteiger partial charge in [-0.05, 0) is 32.0 Å². The Morgan fingerprint density at radius 1 is 1.29 bits per heavy atom. The van der Waals surface area contributed by atoms with Crippen molar-refractivity contribution in [2.75, 3.05) is 6.26 Å². The van der Waals surface area contributed by atoms with Crippen LogP contribution >= 0.6 is 0 Å². The van der Waals surface area contributed by atoms with E-state index in [0.717, 1.165) is 6.26 Å². The fraction of sp³-hybridized carbons (Fsp3) is 0.364. The number of ether oxygens (including phenoxy) is 1. The monoisotopic (exact) mass is 256 g/mol. The average Bonchev–Trinajstić information content (AvgIpc) is 2.37. The maximum absolute atomic E-state index is 11.6. The first kappa shape index (κ1) is 11.9. The van der Waals surface area contributed by atoms with Crippen LogP contribution in [0.15, 0.2) is 18.2 Å². The van der Waals surface area contributed by atoms with Crippen LogP contribution in [-0.2, 0) is 20.3 Å². The van der Waals surface area contributed by atoms with E-state index in [1.54, 1.807) is 13.8 Å². The molecule has 0 amide bonds. The van der Waals surface area contributed by atoms with E-state index in [-0.39, 0.29) is 11.7 Å². The van der Waals surface area contributed by atoms with Gasteiger partial charge in [0.05, 0.1) is 11.7 Å². The molecule has 2 rings (SSSR count). The molecular formula is C11H12O5S. The van der Waals surface area contributed by atoms with E-state index in [9.17, 15) is 13.2 Å². The molecule has 1 heterocycles. The Hall–Kier alpha value is -1.56. The lowest BCUT2D eigenvalue weighted by molar-refractivity contribution is -0.137. The fourth-order valence-corrected chi connectivity index (χ4v) is 2.10. The second kappa shape index (κ2) is 3.46. The Labute approximate surface area is 99.5 Å². The fourth-order valence-electron chi connectivity index (χ4n) is 1.65. The van der Waals surface area contributed by atoms with Gasteiger partial charge >= 0.3 is 16.1 Å². The molecule has 0 fully saturated rings. The number of carbonyl (C=O) groups is 1. The molecule has 6 heteroatoms. The van der Waals surface area contributed by atoms with E-state index in [4.69, 9.17) is 8.92 Å². The molecule has 0 spiro atoms. The molecular weight excluding hydrogens is 244 g/mol. The number of carbonyl (C=O) groups excluding carboxylic acids is 1. The van der Waals surface area contributed by atoms with E-state index in [1.165, 1.54) is 18.2 Å². The first-order valence-corrected chi connectivity index (χ1v) is 6.78. The molecule has 0 unspecified atom stereocenters. The standard InChI is InChI=1S/C11H12O5S/c1-11(2)8-6-7(16-17(3,13)14)4-5-9(8)15-10(11)12/h4-6H,1-3H3. The van der Waals surface area contributed by atoms with Crippen LogP contribution in [0.25, 0.3) is 0 Å². The third-order valence-corrected chi connectivity index (χ3v) is 3.08. The Morgan fingerprint density at radius 3 is 2.53 bits per heavy atom. The van der Waals surface area contributed by atoms with Gasteiger partial charge < -0.3 is 8.92 Å². The highest BCUT2D eigenvalue weighted by molar-refractivity contribution is 7.86. The number of esters is 1. The second-order valence-corrected chi connectivity index (χ2v) is 6.03. The molecule has 0 saturated carbocycles. The molecule has 0 bridgehead atoms. The number of benzene rings is 1. The molecule has 1 aromatic rings. The summed E-state index contributed by atoms with van der Waals surface area (Å²) in [6.07, 6.45) is 0.965. The lowest BCUT2D eigenvalue weighted by atomic mass is 9.86. The van der Waals surface area contributed by atoms with Crippen LogP contribution < -0.4 is 8.92 Å². The Balaban J connectivity index is 2.46. The second-order valence-electron chi connectivity index (χ2n) is 4.46. The molecule has 1 aliphatic rings. The van der Waals surface area contributed by atoms with E-state index in [1.807, 2.05) is 0 Å². The largest absolute Gasteiger partial charge is 0.426 e. The normalized spacial score (nSPS) is 17.5. The quantitative estimate of drug-likeness (QED) is 0.452. The first-order valence-electron chi connectivity index (χ1n) is 4.96. The van der Waals surface area contributed by atoms with Gasteiger partial charge in [-0.15, -0.1) is 0 Å². The highest BCUT2D eigenvalue weighted by atomic mass is 32.2. The van der Waals surface area contributed by atoms with Crippen molar-refractivity contribution in [2.45, 2.75) is 19.3 Å². The van der Waals surface area contributed by atoms with E-state index in [0.29, 0.717) is 11.3 Å². The summed E-state index contributed by atoms with van der Waals surface area (Å²) in [6, 6.07) is 4.50. The molecule has 0 atom stereocenters. The van der Waals surface area contributed by atoms with Crippen molar-refractivity contribution in [1.29, 1.82) is 0 Å². The van der Waals surface area contributed by atoms with Crippen LogP contribution in [0.5, 0.6) is 11.5 Å². The van der Waals surface area contributed by atoms with Gasteiger partial charge in [0.25, 0.3) is 0 Å². The number of hydrogen-bond acceptors (Lipinski definition) is 5. The van der Waals surface area contributed by atoms with Crippen LogP contribution in [0.1, 0.15) is 19.4 Å². The van der Waals surface area contributed by atoms with Gasteiger partial charge in [-0.2, -0.15) is 8.42 Å². The van der Waals surface area contributed by atoms with Gasteiger partial charge in [0.2, 0.25) is 0 Å². The predicted molar refractivity (Wildman–Crippen MR) is 60.6 cm³/mol. The summed E-state index contributed by atoms with van der Waals surface area (Å²) in [5.41, 5.74) is -0.157. The van der Waals surface area contributed by atoms with Crippen LogP contribution in [0.4, 0.5) is 0 Å². The van der Waals surface area contributed by atoms with Crippen molar-refractivity contribution in [3.05, 3.63) is 23.8 Å². The SMILES string of the molecule is CC1(C)C(=O)Oc2ccc(OS(C)(=O)=O)cc21. The molecule has 1 aliphatic heterocycles. The van der Waals surface area contributed by atoms with Gasteiger partial charge in [0.1, 0.15) is 11.5 Å². The van der Waals surface area contributed by atoms with Gasteiger partial charge in [-0.3, -0.25) is 4.79 Å². The van der Waals surface area contributed by atoms with Crippen molar-refractivity contribution in [3.8, 4) is 11.5 Å². The summed E-state index contributed by atoms with van der Waals surface area (Å²) in [5, 5.41) is 0. The average molecular weight is 256 g/mol. The first-order chi connectivity index (χ1) is 7.70. The Kier molecular flexibility index (Phi) is 2.43. The van der Waals surface area contributed by atoms with Crippen molar-refractivity contribution in [1.82, 2.24) is 0 Å². The van der Waals surface area contributed by atoms with E-state index < -0.39 is 15.5 Å². The van der Waals surface area contributed by atoms with Crippen molar-refractivity contribution in [2.24, 2.45) is 0 Å². The molecule has 0 N–H and O–H groups in total. The van der Waals surface area contributed by atoms with E-state index in [2.05, 4.69) is 0 Å². The van der Waals surface area contributed by atoms with Crippen LogP contribution in [0.3, 0.4) is 0 Å². The molecule has 0 aromatic heterocycles. The highest BCUT2D eigenvalue weighted by Crippen LogP contribution is 2.41. The van der Waals surface area contributed by atoms with Gasteiger partial charge in [0, 0.05) is 5.56 Å². The van der Waals surface area contributed by atoms with Gasteiger partial charge in [-0.1, -0.05) is 0 Å². The summed E-state index contributed by atoms with van der Waals surface area (Å²) in [5.74, 6) is 0.266. The summed E-state index contributed by atoms with van der Waals surface area (Å²) in [6.45, 7) is 3.43. The van der Waals surface area contributed by atoms with Gasteiger partial charge in [-0.25, -0.2) is 0 Å². The zero-order valence-corrected chi connectivity index (χ0v) is 10.5. The lowest BCUT2D eigenvalue weighted by Crippen LogP contribution is -2.25. The molecule has 5 nitrogen and oxygen atoms in total. The molecule has 0 saturated heterocycles. The Morgan fingerprint density at radius 2 is 1.94 bits per heavy atom. The molecule has 0 aliphatic carbocycles. The van der Waals surface area contributed by atoms with Crippen molar-refractivity contribution >= 4 is 16.1 Å². The molecule has 92 valence electrons. The zero-order valence-electron chi connectivity index (χ0n) is 9.68. The summed E-state index contributed by atoms with van der Waals surface area (Å²) >= 11 is 0. The zero-order chi connectivity index (χ0) is 12.8. The van der Waals surface area contributed by atoms with Crippen molar-refractivity contribution < 1.29 is 22.1 Å². The minimum atomic E-state index is -3.57. The maximum Gasteiger partial charge on any atom is 0.321 e. The topological polar surface area (TPSA) is 69.7 Å². The van der Waals surface area contributed by atoms with Crippen LogP contribution in [0, 0.1) is 0 Å². The molecule has 1 aromatic carbocycles. The van der Waals surface area contributed by atoms with Crippen LogP contribution in [-0.4, -0.2) is 20.6 Å². The summed E-state index contributed by atoms with van der Waals surface area (Å²) < 4.78 is 31.8. The van der Waals surface area contributed by atoms with Gasteiger partial charge in [0.15, 0.2) is 0 Å². The van der Waals surface area contributed by atoms with E-state index >= 15 is 0 Å².